The summed E-state index contributed by atoms with van der Waals surface area (Å²) < 4.78 is 0. The van der Waals surface area contributed by atoms with Crippen molar-refractivity contribution in [1.29, 1.82) is 0 Å². The molecule has 0 saturated heterocycles. The predicted octanol–water partition coefficient (Wildman–Crippen LogP) is 4.86. The van der Waals surface area contributed by atoms with Crippen molar-refractivity contribution in [2.24, 2.45) is 17.6 Å². The van der Waals surface area contributed by atoms with Crippen molar-refractivity contribution in [2.45, 2.75) is 64.0 Å². The van der Waals surface area contributed by atoms with Gasteiger partial charge in [0.2, 0.25) is 11.8 Å². The fraction of sp³-hybridized carbons (Fsp3) is 0.371. The number of carbonyl (C=O) groups excluding carboxylic acids is 3. The molecule has 2 saturated carbocycles. The Kier molecular flexibility index (Phi) is 8.74. The minimum absolute atomic E-state index is 0.0271. The molecule has 3 aromatic carbocycles. The number of aryl methyl sites for hydroxylation is 1. The Morgan fingerprint density at radius 2 is 1.73 bits per heavy atom. The molecule has 228 valence electrons. The number of aromatic amines is 1. The molecule has 2 aliphatic carbocycles. The van der Waals surface area contributed by atoms with Gasteiger partial charge in [0.25, 0.3) is 5.91 Å². The number of nitrogens with zero attached hydrogens (tertiary/aromatic N) is 1. The fourth-order valence-electron chi connectivity index (χ4n) is 6.08. The van der Waals surface area contributed by atoms with E-state index in [1.54, 1.807) is 6.20 Å². The Bertz CT molecular complexity index is 1650. The van der Waals surface area contributed by atoms with Crippen LogP contribution in [0.2, 0.25) is 0 Å². The lowest BCUT2D eigenvalue weighted by atomic mass is 9.81. The first-order valence-corrected chi connectivity index (χ1v) is 15.6. The highest BCUT2D eigenvalue weighted by Gasteiger charge is 2.29. The maximum absolute atomic E-state index is 13.6. The summed E-state index contributed by atoms with van der Waals surface area (Å²) in [7, 11) is 0. The molecule has 1 atom stereocenters. The van der Waals surface area contributed by atoms with Gasteiger partial charge in [0, 0.05) is 35.0 Å². The van der Waals surface area contributed by atoms with Gasteiger partial charge >= 0.3 is 0 Å². The number of aromatic nitrogens is 2. The molecule has 0 aliphatic heterocycles. The summed E-state index contributed by atoms with van der Waals surface area (Å²) in [5.41, 5.74) is 12.0. The molecule has 9 nitrogen and oxygen atoms in total. The van der Waals surface area contributed by atoms with Crippen LogP contribution in [0.5, 0.6) is 0 Å². The highest BCUT2D eigenvalue weighted by Crippen LogP contribution is 2.29. The van der Waals surface area contributed by atoms with Crippen molar-refractivity contribution >= 4 is 34.3 Å². The van der Waals surface area contributed by atoms with Crippen molar-refractivity contribution in [3.8, 4) is 11.1 Å². The van der Waals surface area contributed by atoms with E-state index in [1.165, 1.54) is 0 Å². The molecule has 6 N–H and O–H groups in total. The minimum atomic E-state index is -0.746. The van der Waals surface area contributed by atoms with E-state index in [9.17, 15) is 14.4 Å². The molecule has 2 aliphatic rings. The molecule has 0 unspecified atom stereocenters. The average molecular weight is 593 g/mol. The molecule has 44 heavy (non-hydrogen) atoms. The molecule has 4 aromatic rings. The second-order valence-electron chi connectivity index (χ2n) is 12.4. The average Bonchev–Trinajstić information content (AvgIpc) is 3.73. The molecular weight excluding hydrogens is 552 g/mol. The number of anilines is 1. The molecule has 9 heteroatoms. The van der Waals surface area contributed by atoms with Gasteiger partial charge in [-0.1, -0.05) is 30.3 Å². The van der Waals surface area contributed by atoms with Gasteiger partial charge in [-0.3, -0.25) is 19.5 Å². The molecule has 0 bridgehead atoms. The van der Waals surface area contributed by atoms with Crippen LogP contribution in [0.4, 0.5) is 5.69 Å². The Morgan fingerprint density at radius 1 is 0.955 bits per heavy atom. The number of nitrogens with one attached hydrogen (secondary N) is 4. The van der Waals surface area contributed by atoms with Gasteiger partial charge in [-0.25, -0.2) is 0 Å². The van der Waals surface area contributed by atoms with Crippen molar-refractivity contribution in [1.82, 2.24) is 20.8 Å². The van der Waals surface area contributed by atoms with Gasteiger partial charge in [0.05, 0.1) is 11.7 Å². The normalized spacial score (nSPS) is 18.9. The standard InChI is InChI=1S/C35H40N6O3/c1-21-16-26(34(43)38-28-13-14-28)11-15-30(21)24-6-2-22(3-7-24)17-32(40-33(42)25-8-4-23(19-36)5-9-25)35(44)39-29-12-10-27-20-37-41-31(27)18-29/h2-3,6-7,10-12,15-16,18,20,23,25,28,32H,4-5,8-9,13-14,17,19,36H2,1H3,(H,37,41)(H,38,43)(H,39,44)(H,40,42)/t23-,25-,32-/m0/s1. The van der Waals surface area contributed by atoms with Crippen LogP contribution in [0.15, 0.2) is 66.9 Å². The molecule has 1 heterocycles. The monoisotopic (exact) mass is 592 g/mol. The van der Waals surface area contributed by atoms with Crippen LogP contribution in [0, 0.1) is 18.8 Å². The van der Waals surface area contributed by atoms with Crippen LogP contribution in [0.1, 0.15) is 60.0 Å². The lowest BCUT2D eigenvalue weighted by molar-refractivity contribution is -0.130. The summed E-state index contributed by atoms with van der Waals surface area (Å²) in [6, 6.07) is 19.0. The van der Waals surface area contributed by atoms with E-state index < -0.39 is 6.04 Å². The van der Waals surface area contributed by atoms with E-state index >= 15 is 0 Å². The number of nitrogens with two attached hydrogens (primary N) is 1. The molecule has 2 fully saturated rings. The number of rotatable bonds is 10. The maximum Gasteiger partial charge on any atom is 0.251 e. The summed E-state index contributed by atoms with van der Waals surface area (Å²) in [4.78, 5) is 39.4. The topological polar surface area (TPSA) is 142 Å². The lowest BCUT2D eigenvalue weighted by Gasteiger charge is -2.28. The Labute approximate surface area is 257 Å². The van der Waals surface area contributed by atoms with Crippen molar-refractivity contribution in [3.05, 3.63) is 83.6 Å². The summed E-state index contributed by atoms with van der Waals surface area (Å²) in [5, 5.41) is 17.0. The zero-order valence-corrected chi connectivity index (χ0v) is 25.1. The van der Waals surface area contributed by atoms with Crippen LogP contribution >= 0.6 is 0 Å². The van der Waals surface area contributed by atoms with E-state index in [4.69, 9.17) is 5.73 Å². The Morgan fingerprint density at radius 3 is 2.43 bits per heavy atom. The van der Waals surface area contributed by atoms with Gasteiger partial charge in [-0.2, -0.15) is 5.10 Å². The van der Waals surface area contributed by atoms with Crippen LogP contribution in [-0.2, 0) is 16.0 Å². The number of H-pyrrole nitrogens is 1. The highest BCUT2D eigenvalue weighted by atomic mass is 16.2. The molecule has 6 rings (SSSR count). The summed E-state index contributed by atoms with van der Waals surface area (Å²) in [6.07, 6.45) is 7.62. The van der Waals surface area contributed by atoms with Crippen LogP contribution in [0.3, 0.4) is 0 Å². The van der Waals surface area contributed by atoms with E-state index in [2.05, 4.69) is 26.1 Å². The zero-order valence-electron chi connectivity index (χ0n) is 25.1. The minimum Gasteiger partial charge on any atom is -0.349 e. The second kappa shape index (κ2) is 13.0. The first kappa shape index (κ1) is 29.6. The molecule has 0 radical (unpaired) electrons. The van der Waals surface area contributed by atoms with Gasteiger partial charge in [0.1, 0.15) is 6.04 Å². The van der Waals surface area contributed by atoms with Crippen LogP contribution < -0.4 is 21.7 Å². The summed E-state index contributed by atoms with van der Waals surface area (Å²) in [6.45, 7) is 2.66. The quantitative estimate of drug-likeness (QED) is 0.179. The third-order valence-electron chi connectivity index (χ3n) is 9.00. The van der Waals surface area contributed by atoms with E-state index in [0.29, 0.717) is 36.2 Å². The van der Waals surface area contributed by atoms with Crippen LogP contribution in [0.25, 0.3) is 22.0 Å². The molecule has 3 amide bonds. The van der Waals surface area contributed by atoms with Gasteiger partial charge in [-0.15, -0.1) is 0 Å². The third-order valence-corrected chi connectivity index (χ3v) is 9.00. The zero-order chi connectivity index (χ0) is 30.6. The molecule has 0 spiro atoms. The SMILES string of the molecule is Cc1cc(C(=O)NC2CC2)ccc1-c1ccc(C[C@H](NC(=O)[C@H]2CC[C@H](CN)CC2)C(=O)Nc2ccc3cn[nH]c3c2)cc1. The van der Waals surface area contributed by atoms with E-state index in [1.807, 2.05) is 67.6 Å². The predicted molar refractivity (Wildman–Crippen MR) is 172 cm³/mol. The largest absolute Gasteiger partial charge is 0.349 e. The maximum atomic E-state index is 13.6. The smallest absolute Gasteiger partial charge is 0.251 e. The van der Waals surface area contributed by atoms with Gasteiger partial charge in [0.15, 0.2) is 0 Å². The first-order chi connectivity index (χ1) is 21.4. The van der Waals surface area contributed by atoms with Crippen molar-refractivity contribution in [3.63, 3.8) is 0 Å². The third kappa shape index (κ3) is 7.00. The van der Waals surface area contributed by atoms with Crippen LogP contribution in [-0.4, -0.2) is 46.5 Å². The second-order valence-corrected chi connectivity index (χ2v) is 12.4. The fourth-order valence-corrected chi connectivity index (χ4v) is 6.08. The van der Waals surface area contributed by atoms with Gasteiger partial charge in [-0.05, 0) is 110 Å². The lowest BCUT2D eigenvalue weighted by Crippen LogP contribution is -2.48. The number of fused-ring (bicyclic) bond motifs is 1. The van der Waals surface area contributed by atoms with Crippen molar-refractivity contribution < 1.29 is 14.4 Å². The van der Waals surface area contributed by atoms with Crippen molar-refractivity contribution in [2.75, 3.05) is 11.9 Å². The Balaban J connectivity index is 1.16. The Hall–Kier alpha value is -4.50. The van der Waals surface area contributed by atoms with E-state index in [-0.39, 0.29) is 23.6 Å². The molecule has 1 aromatic heterocycles. The van der Waals surface area contributed by atoms with Gasteiger partial charge < -0.3 is 21.7 Å². The summed E-state index contributed by atoms with van der Waals surface area (Å²) in [5.74, 6) is -0.0285. The summed E-state index contributed by atoms with van der Waals surface area (Å²) >= 11 is 0. The molecular formula is C35H40N6O3. The number of hydrogen-bond acceptors (Lipinski definition) is 5. The highest BCUT2D eigenvalue weighted by molar-refractivity contribution is 5.99. The number of hydrogen-bond donors (Lipinski definition) is 5. The number of benzene rings is 3. The first-order valence-electron chi connectivity index (χ1n) is 15.6. The number of carbonyl (C=O) groups is 3. The number of amides is 3. The van der Waals surface area contributed by atoms with E-state index in [0.717, 1.165) is 71.7 Å².